The van der Waals surface area contributed by atoms with Crippen LogP contribution >= 0.6 is 0 Å². The maximum atomic E-state index is 12.3. The van der Waals surface area contributed by atoms with Crippen LogP contribution < -0.4 is 26.3 Å². The first-order valence-electron chi connectivity index (χ1n) is 8.14. The summed E-state index contributed by atoms with van der Waals surface area (Å²) in [6.45, 7) is 0.314. The predicted molar refractivity (Wildman–Crippen MR) is 99.3 cm³/mol. The van der Waals surface area contributed by atoms with Crippen LogP contribution in [0, 0.1) is 0 Å². The molecule has 0 saturated carbocycles. The Morgan fingerprint density at radius 2 is 1.46 bits per heavy atom. The van der Waals surface area contributed by atoms with E-state index in [0.717, 1.165) is 16.9 Å². The van der Waals surface area contributed by atoms with Gasteiger partial charge in [-0.25, -0.2) is 0 Å². The van der Waals surface area contributed by atoms with Crippen LogP contribution in [0.5, 0.6) is 5.75 Å². The van der Waals surface area contributed by atoms with Crippen molar-refractivity contribution in [2.45, 2.75) is 6.54 Å². The molecule has 4 heteroatoms. The number of Topliss-reactive ketones (excluding diaryl/α,β-unsaturated/α-hetero) is 1. The van der Waals surface area contributed by atoms with Crippen LogP contribution in [0.4, 0.5) is 0 Å². The van der Waals surface area contributed by atoms with Gasteiger partial charge in [0.1, 0.15) is 5.75 Å². The molecule has 0 spiro atoms. The summed E-state index contributed by atoms with van der Waals surface area (Å²) in [4.78, 5) is 12.3. The minimum atomic E-state index is 0. The number of halogens is 1. The molecule has 132 valence electrons. The number of methoxy groups -OCH3 is 1. The van der Waals surface area contributed by atoms with Crippen molar-refractivity contribution in [2.24, 2.45) is 0 Å². The molecule has 2 aromatic carbocycles. The van der Waals surface area contributed by atoms with Crippen molar-refractivity contribution in [3.8, 4) is 5.75 Å². The number of nitrogens with zero attached hydrogens (tertiary/aromatic N) is 1. The third kappa shape index (κ3) is 5.39. The molecule has 3 nitrogen and oxygen atoms in total. The van der Waals surface area contributed by atoms with Gasteiger partial charge in [0.25, 0.3) is 0 Å². The number of benzene rings is 2. The number of hydrogen-bond donors (Lipinski definition) is 0. The van der Waals surface area contributed by atoms with Crippen molar-refractivity contribution in [3.05, 3.63) is 95.8 Å². The molecule has 0 aliphatic carbocycles. The lowest BCUT2D eigenvalue weighted by atomic mass is 10.1. The largest absolute Gasteiger partial charge is 1.00 e. The second-order valence-electron chi connectivity index (χ2n) is 5.70. The van der Waals surface area contributed by atoms with E-state index in [2.05, 4.69) is 24.3 Å². The van der Waals surface area contributed by atoms with Crippen molar-refractivity contribution in [1.82, 2.24) is 0 Å². The zero-order chi connectivity index (χ0) is 17.5. The summed E-state index contributed by atoms with van der Waals surface area (Å²) in [5.41, 5.74) is 2.94. The van der Waals surface area contributed by atoms with Gasteiger partial charge in [-0.3, -0.25) is 4.79 Å². The van der Waals surface area contributed by atoms with E-state index in [-0.39, 0.29) is 22.8 Å². The summed E-state index contributed by atoms with van der Waals surface area (Å²) in [6, 6.07) is 21.3. The molecule has 3 aromatic rings. The summed E-state index contributed by atoms with van der Waals surface area (Å²) in [6.07, 6.45) is 7.98. The Hall–Kier alpha value is -2.72. The Kier molecular flexibility index (Phi) is 7.30. The SMILES string of the molecule is COc1ccc(C(=O)C[n+]2ccc(/C=C/c3ccccc3)cc2)cc1.[Br-]. The normalized spacial score (nSPS) is 10.3. The fourth-order valence-electron chi connectivity index (χ4n) is 2.48. The molecule has 0 aliphatic rings. The second kappa shape index (κ2) is 9.68. The van der Waals surface area contributed by atoms with Gasteiger partial charge in [-0.05, 0) is 35.4 Å². The fourth-order valence-corrected chi connectivity index (χ4v) is 2.48. The predicted octanol–water partition coefficient (Wildman–Crippen LogP) is 1.04. The average molecular weight is 410 g/mol. The highest BCUT2D eigenvalue weighted by Crippen LogP contribution is 2.12. The van der Waals surface area contributed by atoms with E-state index in [4.69, 9.17) is 4.74 Å². The number of ether oxygens (including phenoxy) is 1. The van der Waals surface area contributed by atoms with Crippen molar-refractivity contribution in [3.63, 3.8) is 0 Å². The van der Waals surface area contributed by atoms with Crippen molar-refractivity contribution < 1.29 is 31.1 Å². The molecule has 0 aliphatic heterocycles. The molecule has 3 rings (SSSR count). The Morgan fingerprint density at radius 3 is 2.04 bits per heavy atom. The van der Waals surface area contributed by atoms with Crippen LogP contribution in [-0.2, 0) is 6.54 Å². The minimum Gasteiger partial charge on any atom is -1.00 e. The Morgan fingerprint density at radius 1 is 0.885 bits per heavy atom. The average Bonchev–Trinajstić information content (AvgIpc) is 2.68. The van der Waals surface area contributed by atoms with Crippen molar-refractivity contribution in [2.75, 3.05) is 7.11 Å². The van der Waals surface area contributed by atoms with Gasteiger partial charge in [-0.15, -0.1) is 0 Å². The lowest BCUT2D eigenvalue weighted by molar-refractivity contribution is -0.683. The maximum Gasteiger partial charge on any atom is 0.227 e. The van der Waals surface area contributed by atoms with Gasteiger partial charge in [-0.2, -0.15) is 4.57 Å². The number of ketones is 1. The standard InChI is InChI=1S/C22H20NO2.BrH/c1-25-21-11-9-20(10-12-21)22(24)17-23-15-13-19(14-16-23)8-7-18-5-3-2-4-6-18;/h2-16H,17H2,1H3;1H/q+1;/p-1/b8-7+;. The molecule has 26 heavy (non-hydrogen) atoms. The van der Waals surface area contributed by atoms with Gasteiger partial charge in [0.2, 0.25) is 12.3 Å². The zero-order valence-corrected chi connectivity index (χ0v) is 16.1. The van der Waals surface area contributed by atoms with Crippen LogP contribution in [0.25, 0.3) is 12.2 Å². The number of carbonyl (C=O) groups is 1. The Balaban J connectivity index is 0.00000243. The molecule has 1 aromatic heterocycles. The number of aromatic nitrogens is 1. The Bertz CT molecular complexity index is 857. The summed E-state index contributed by atoms with van der Waals surface area (Å²) in [5.74, 6) is 0.819. The van der Waals surface area contributed by atoms with Crippen LogP contribution in [0.3, 0.4) is 0 Å². The number of pyridine rings is 1. The quantitative estimate of drug-likeness (QED) is 0.449. The third-order valence-electron chi connectivity index (χ3n) is 3.92. The van der Waals surface area contributed by atoms with Gasteiger partial charge < -0.3 is 21.7 Å². The van der Waals surface area contributed by atoms with Crippen LogP contribution in [0.15, 0.2) is 79.1 Å². The number of rotatable bonds is 6. The molecule has 0 amide bonds. The van der Waals surface area contributed by atoms with E-state index in [1.54, 1.807) is 31.4 Å². The molecule has 0 saturated heterocycles. The molecule has 0 bridgehead atoms. The van der Waals surface area contributed by atoms with E-state index in [0.29, 0.717) is 12.1 Å². The smallest absolute Gasteiger partial charge is 0.227 e. The van der Waals surface area contributed by atoms with E-state index in [9.17, 15) is 4.79 Å². The van der Waals surface area contributed by atoms with Gasteiger partial charge in [0.05, 0.1) is 7.11 Å². The highest BCUT2D eigenvalue weighted by atomic mass is 79.9. The van der Waals surface area contributed by atoms with E-state index in [1.165, 1.54) is 0 Å². The van der Waals surface area contributed by atoms with E-state index in [1.807, 2.05) is 47.3 Å². The first-order chi connectivity index (χ1) is 12.2. The second-order valence-corrected chi connectivity index (χ2v) is 5.70. The summed E-state index contributed by atoms with van der Waals surface area (Å²) < 4.78 is 6.99. The number of hydrogen-bond acceptors (Lipinski definition) is 2. The lowest BCUT2D eigenvalue weighted by Gasteiger charge is -2.01. The molecule has 0 atom stereocenters. The molecular formula is C22H20BrNO2. The van der Waals surface area contributed by atoms with Crippen LogP contribution in [0.2, 0.25) is 0 Å². The first-order valence-corrected chi connectivity index (χ1v) is 8.14. The highest BCUT2D eigenvalue weighted by molar-refractivity contribution is 5.95. The topological polar surface area (TPSA) is 30.2 Å². The molecule has 0 radical (unpaired) electrons. The molecule has 0 N–H and O–H groups in total. The zero-order valence-electron chi connectivity index (χ0n) is 14.5. The van der Waals surface area contributed by atoms with E-state index < -0.39 is 0 Å². The van der Waals surface area contributed by atoms with E-state index >= 15 is 0 Å². The lowest BCUT2D eigenvalue weighted by Crippen LogP contribution is -3.00. The monoisotopic (exact) mass is 409 g/mol. The summed E-state index contributed by atoms with van der Waals surface area (Å²) in [5, 5.41) is 0. The number of carbonyl (C=O) groups excluding carboxylic acids is 1. The minimum absolute atomic E-state index is 0. The van der Waals surface area contributed by atoms with Crippen molar-refractivity contribution >= 4 is 17.9 Å². The Labute approximate surface area is 164 Å². The maximum absolute atomic E-state index is 12.3. The van der Waals surface area contributed by atoms with Gasteiger partial charge in [0, 0.05) is 17.7 Å². The van der Waals surface area contributed by atoms with Crippen LogP contribution in [0.1, 0.15) is 21.5 Å². The van der Waals surface area contributed by atoms with Gasteiger partial charge in [-0.1, -0.05) is 42.5 Å². The molecule has 0 fully saturated rings. The third-order valence-corrected chi connectivity index (χ3v) is 3.92. The molecular weight excluding hydrogens is 390 g/mol. The highest BCUT2D eigenvalue weighted by Gasteiger charge is 2.11. The summed E-state index contributed by atoms with van der Waals surface area (Å²) >= 11 is 0. The molecule has 1 heterocycles. The van der Waals surface area contributed by atoms with Gasteiger partial charge in [0.15, 0.2) is 12.4 Å². The van der Waals surface area contributed by atoms with Crippen molar-refractivity contribution in [1.29, 1.82) is 0 Å². The molecule has 0 unspecified atom stereocenters. The summed E-state index contributed by atoms with van der Waals surface area (Å²) in [7, 11) is 1.61. The van der Waals surface area contributed by atoms with Crippen LogP contribution in [-0.4, -0.2) is 12.9 Å². The van der Waals surface area contributed by atoms with Gasteiger partial charge >= 0.3 is 0 Å². The fraction of sp³-hybridized carbons (Fsp3) is 0.0909. The first kappa shape index (κ1) is 19.6.